The molecule has 0 N–H and O–H groups in total. The van der Waals surface area contributed by atoms with Gasteiger partial charge in [0, 0.05) is 35.3 Å². The molecule has 1 saturated heterocycles. The van der Waals surface area contributed by atoms with Gasteiger partial charge in [0.1, 0.15) is 0 Å². The van der Waals surface area contributed by atoms with Gasteiger partial charge in [-0.05, 0) is 36.5 Å². The van der Waals surface area contributed by atoms with Crippen LogP contribution in [0.1, 0.15) is 34.3 Å². The molecule has 3 heterocycles. The fourth-order valence-electron chi connectivity index (χ4n) is 3.01. The van der Waals surface area contributed by atoms with Crippen molar-refractivity contribution in [3.05, 3.63) is 49.7 Å². The fourth-order valence-corrected chi connectivity index (χ4v) is 4.74. The van der Waals surface area contributed by atoms with Crippen LogP contribution in [0.5, 0.6) is 0 Å². The molecular formula is C17H14Cl2N4OS2. The zero-order chi connectivity index (χ0) is 18.1. The number of amides is 1. The van der Waals surface area contributed by atoms with E-state index in [1.807, 2.05) is 22.4 Å². The molecule has 1 aromatic carbocycles. The minimum atomic E-state index is -0.0344. The van der Waals surface area contributed by atoms with Crippen LogP contribution in [0.15, 0.2) is 29.0 Å². The molecule has 0 atom stereocenters. The number of thiazole rings is 1. The minimum Gasteiger partial charge on any atom is -0.337 e. The molecule has 1 aliphatic rings. The molecule has 4 rings (SSSR count). The van der Waals surface area contributed by atoms with E-state index < -0.39 is 0 Å². The van der Waals surface area contributed by atoms with Gasteiger partial charge in [-0.15, -0.1) is 16.4 Å². The van der Waals surface area contributed by atoms with Gasteiger partial charge in [0.05, 0.1) is 20.7 Å². The average Bonchev–Trinajstić information content (AvgIpc) is 3.36. The van der Waals surface area contributed by atoms with E-state index in [0.29, 0.717) is 34.7 Å². The van der Waals surface area contributed by atoms with Crippen molar-refractivity contribution in [2.75, 3.05) is 13.1 Å². The Hall–Kier alpha value is -1.54. The number of carbonyl (C=O) groups excluding carboxylic acids is 1. The van der Waals surface area contributed by atoms with Gasteiger partial charge in [-0.1, -0.05) is 33.8 Å². The summed E-state index contributed by atoms with van der Waals surface area (Å²) in [5, 5.41) is 9.78. The molecule has 5 nitrogen and oxygen atoms in total. The van der Waals surface area contributed by atoms with Crippen molar-refractivity contribution >= 4 is 52.0 Å². The van der Waals surface area contributed by atoms with Gasteiger partial charge in [0.2, 0.25) is 0 Å². The third-order valence-electron chi connectivity index (χ3n) is 4.45. The van der Waals surface area contributed by atoms with Crippen LogP contribution in [0.3, 0.4) is 0 Å². The molecule has 0 bridgehead atoms. The largest absolute Gasteiger partial charge is 0.337 e. The molecule has 1 aliphatic heterocycles. The van der Waals surface area contributed by atoms with E-state index >= 15 is 0 Å². The van der Waals surface area contributed by atoms with Gasteiger partial charge in [-0.2, -0.15) is 0 Å². The third kappa shape index (κ3) is 3.62. The summed E-state index contributed by atoms with van der Waals surface area (Å²) in [5.74, 6) is 0.335. The molecule has 134 valence electrons. The van der Waals surface area contributed by atoms with Crippen molar-refractivity contribution in [2.24, 2.45) is 0 Å². The number of piperidine rings is 1. The summed E-state index contributed by atoms with van der Waals surface area (Å²) >= 11 is 14.9. The Balaban J connectivity index is 1.43. The van der Waals surface area contributed by atoms with Crippen molar-refractivity contribution in [2.45, 2.75) is 18.8 Å². The zero-order valence-corrected chi connectivity index (χ0v) is 16.7. The highest BCUT2D eigenvalue weighted by atomic mass is 35.5. The van der Waals surface area contributed by atoms with Crippen LogP contribution in [0, 0.1) is 0 Å². The number of aromatic nitrogens is 3. The van der Waals surface area contributed by atoms with Crippen LogP contribution in [-0.2, 0) is 0 Å². The lowest BCUT2D eigenvalue weighted by molar-refractivity contribution is 0.0707. The Morgan fingerprint density at radius 1 is 1.15 bits per heavy atom. The number of halogens is 2. The van der Waals surface area contributed by atoms with Gasteiger partial charge < -0.3 is 4.90 Å². The maximum Gasteiger partial charge on any atom is 0.275 e. The third-order valence-corrected chi connectivity index (χ3v) is 6.70. The normalized spacial score (nSPS) is 15.4. The summed E-state index contributed by atoms with van der Waals surface area (Å²) in [4.78, 5) is 19.0. The Labute approximate surface area is 168 Å². The van der Waals surface area contributed by atoms with E-state index in [0.717, 1.165) is 29.1 Å². The van der Waals surface area contributed by atoms with Crippen LogP contribution in [0.4, 0.5) is 0 Å². The molecule has 1 amide bonds. The quantitative estimate of drug-likeness (QED) is 0.593. The van der Waals surface area contributed by atoms with Gasteiger partial charge in [0.15, 0.2) is 5.69 Å². The van der Waals surface area contributed by atoms with E-state index in [9.17, 15) is 4.79 Å². The highest BCUT2D eigenvalue weighted by Crippen LogP contribution is 2.34. The SMILES string of the molecule is O=C(c1csnn1)N1CCC(c2nc(-c3ccc(Cl)c(Cl)c3)cs2)CC1. The zero-order valence-electron chi connectivity index (χ0n) is 13.6. The first-order valence-corrected chi connectivity index (χ1v) is 10.6. The maximum atomic E-state index is 12.3. The molecular weight excluding hydrogens is 411 g/mol. The van der Waals surface area contributed by atoms with E-state index in [1.165, 1.54) is 11.5 Å². The highest BCUT2D eigenvalue weighted by Gasteiger charge is 2.27. The lowest BCUT2D eigenvalue weighted by atomic mass is 9.97. The summed E-state index contributed by atoms with van der Waals surface area (Å²) < 4.78 is 3.76. The summed E-state index contributed by atoms with van der Waals surface area (Å²) in [7, 11) is 0. The number of benzene rings is 1. The summed E-state index contributed by atoms with van der Waals surface area (Å²) in [6, 6.07) is 5.55. The van der Waals surface area contributed by atoms with Gasteiger partial charge in [-0.25, -0.2) is 4.98 Å². The number of rotatable bonds is 3. The first-order chi connectivity index (χ1) is 12.6. The summed E-state index contributed by atoms with van der Waals surface area (Å²) in [6.07, 6.45) is 1.80. The first kappa shape index (κ1) is 17.9. The first-order valence-electron chi connectivity index (χ1n) is 8.09. The van der Waals surface area contributed by atoms with Crippen molar-refractivity contribution in [3.8, 4) is 11.3 Å². The Kier molecular flexibility index (Phi) is 5.22. The molecule has 9 heteroatoms. The van der Waals surface area contributed by atoms with Crippen LogP contribution in [0.2, 0.25) is 10.0 Å². The predicted molar refractivity (Wildman–Crippen MR) is 105 cm³/mol. The summed E-state index contributed by atoms with van der Waals surface area (Å²) in [6.45, 7) is 1.42. The molecule has 3 aromatic rings. The molecule has 1 fully saturated rings. The Morgan fingerprint density at radius 3 is 2.65 bits per heavy atom. The number of hydrogen-bond donors (Lipinski definition) is 0. The van der Waals surface area contributed by atoms with Gasteiger partial charge in [0.25, 0.3) is 5.91 Å². The Bertz CT molecular complexity index is 921. The lowest BCUT2D eigenvalue weighted by Crippen LogP contribution is -2.38. The van der Waals surface area contributed by atoms with E-state index in [4.69, 9.17) is 28.2 Å². The second kappa shape index (κ2) is 7.60. The fraction of sp³-hybridized carbons (Fsp3) is 0.294. The Morgan fingerprint density at radius 2 is 1.96 bits per heavy atom. The molecule has 0 spiro atoms. The monoisotopic (exact) mass is 424 g/mol. The van der Waals surface area contributed by atoms with E-state index in [-0.39, 0.29) is 5.91 Å². The molecule has 26 heavy (non-hydrogen) atoms. The van der Waals surface area contributed by atoms with Crippen molar-refractivity contribution in [1.29, 1.82) is 0 Å². The predicted octanol–water partition coefficient (Wildman–Crippen LogP) is 4.99. The smallest absolute Gasteiger partial charge is 0.275 e. The minimum absolute atomic E-state index is 0.0344. The molecule has 2 aromatic heterocycles. The lowest BCUT2D eigenvalue weighted by Gasteiger charge is -2.30. The number of hydrogen-bond acceptors (Lipinski definition) is 6. The molecule has 0 unspecified atom stereocenters. The topological polar surface area (TPSA) is 59.0 Å². The second-order valence-corrected chi connectivity index (χ2v) is 8.37. The van der Waals surface area contributed by atoms with Crippen LogP contribution >= 0.6 is 46.1 Å². The number of carbonyl (C=O) groups is 1. The van der Waals surface area contributed by atoms with E-state index in [2.05, 4.69) is 9.59 Å². The average molecular weight is 425 g/mol. The van der Waals surface area contributed by atoms with Crippen LogP contribution in [0.25, 0.3) is 11.3 Å². The van der Waals surface area contributed by atoms with Crippen molar-refractivity contribution in [3.63, 3.8) is 0 Å². The highest BCUT2D eigenvalue weighted by molar-refractivity contribution is 7.10. The number of nitrogens with zero attached hydrogens (tertiary/aromatic N) is 4. The maximum absolute atomic E-state index is 12.3. The van der Waals surface area contributed by atoms with Crippen LogP contribution in [-0.4, -0.2) is 38.5 Å². The van der Waals surface area contributed by atoms with Gasteiger partial charge in [-0.3, -0.25) is 4.79 Å². The van der Waals surface area contributed by atoms with Crippen molar-refractivity contribution < 1.29 is 4.79 Å². The molecule has 0 radical (unpaired) electrons. The molecule has 0 saturated carbocycles. The summed E-state index contributed by atoms with van der Waals surface area (Å²) in [5.41, 5.74) is 2.31. The second-order valence-electron chi connectivity index (χ2n) is 6.06. The molecule has 0 aliphatic carbocycles. The standard InChI is InChI=1S/C17H14Cl2N4OS2/c18-12-2-1-11(7-13(12)19)14-8-25-16(20-14)10-3-5-23(6-4-10)17(24)15-9-26-22-21-15/h1-2,7-10H,3-6H2. The van der Waals surface area contributed by atoms with Crippen molar-refractivity contribution in [1.82, 2.24) is 19.5 Å². The van der Waals surface area contributed by atoms with Gasteiger partial charge >= 0.3 is 0 Å². The number of likely N-dealkylation sites (tertiary alicyclic amines) is 1. The van der Waals surface area contributed by atoms with Crippen LogP contribution < -0.4 is 0 Å². The van der Waals surface area contributed by atoms with E-state index in [1.54, 1.807) is 22.8 Å².